The number of pyridine rings is 1. The van der Waals surface area contributed by atoms with Gasteiger partial charge >= 0.3 is 5.69 Å². The topological polar surface area (TPSA) is 116 Å². The van der Waals surface area contributed by atoms with Gasteiger partial charge in [-0.05, 0) is 41.8 Å². The summed E-state index contributed by atoms with van der Waals surface area (Å²) < 4.78 is 10.6. The second kappa shape index (κ2) is 11.6. The molecule has 1 N–H and O–H groups in total. The number of aromatic nitrogens is 3. The van der Waals surface area contributed by atoms with Gasteiger partial charge in [-0.2, -0.15) is 0 Å². The van der Waals surface area contributed by atoms with E-state index in [4.69, 9.17) is 9.47 Å². The number of ether oxygens (including phenoxy) is 2. The molecule has 2 heterocycles. The fraction of sp³-hybridized carbons (Fsp3) is 0.192. The van der Waals surface area contributed by atoms with Crippen molar-refractivity contribution in [3.8, 4) is 11.5 Å². The minimum Gasteiger partial charge on any atom is -0.493 e. The second-order valence-electron chi connectivity index (χ2n) is 7.78. The summed E-state index contributed by atoms with van der Waals surface area (Å²) in [4.78, 5) is 26.4. The largest absolute Gasteiger partial charge is 0.493 e. The van der Waals surface area contributed by atoms with Crippen LogP contribution in [0.2, 0.25) is 0 Å². The predicted molar refractivity (Wildman–Crippen MR) is 137 cm³/mol. The summed E-state index contributed by atoms with van der Waals surface area (Å²) in [6.07, 6.45) is 3.55. The van der Waals surface area contributed by atoms with Gasteiger partial charge in [0.2, 0.25) is 11.6 Å². The van der Waals surface area contributed by atoms with E-state index in [1.807, 2.05) is 54.6 Å². The van der Waals surface area contributed by atoms with E-state index >= 15 is 0 Å². The molecular formula is C26H26N6O4. The van der Waals surface area contributed by atoms with Crippen LogP contribution in [0.3, 0.4) is 0 Å². The molecule has 0 atom stereocenters. The van der Waals surface area contributed by atoms with Gasteiger partial charge in [0.15, 0.2) is 11.5 Å². The SMILES string of the molecule is COc1ccc(CCNc2ncnc(N(Cc3ccccc3)c3ccccn3)c2[N+](=O)[O-])cc1OC. The van der Waals surface area contributed by atoms with Crippen molar-refractivity contribution in [2.75, 3.05) is 31.0 Å². The summed E-state index contributed by atoms with van der Waals surface area (Å²) in [5.41, 5.74) is 1.72. The maximum absolute atomic E-state index is 12.2. The third kappa shape index (κ3) is 5.66. The minimum absolute atomic E-state index is 0.138. The van der Waals surface area contributed by atoms with Gasteiger partial charge in [-0.3, -0.25) is 10.1 Å². The molecule has 0 fully saturated rings. The van der Waals surface area contributed by atoms with E-state index in [1.54, 1.807) is 37.4 Å². The zero-order valence-electron chi connectivity index (χ0n) is 20.0. The molecule has 0 saturated carbocycles. The molecule has 0 spiro atoms. The summed E-state index contributed by atoms with van der Waals surface area (Å²) >= 11 is 0. The summed E-state index contributed by atoms with van der Waals surface area (Å²) in [6.45, 7) is 0.760. The van der Waals surface area contributed by atoms with Crippen molar-refractivity contribution >= 4 is 23.1 Å². The van der Waals surface area contributed by atoms with Gasteiger partial charge in [-0.15, -0.1) is 0 Å². The molecule has 2 aromatic carbocycles. The Morgan fingerprint density at radius 3 is 2.39 bits per heavy atom. The normalized spacial score (nSPS) is 10.5. The van der Waals surface area contributed by atoms with Crippen molar-refractivity contribution in [2.45, 2.75) is 13.0 Å². The highest BCUT2D eigenvalue weighted by Crippen LogP contribution is 2.36. The molecule has 0 aliphatic rings. The molecule has 4 aromatic rings. The predicted octanol–water partition coefficient (Wildman–Crippen LogP) is 4.79. The molecule has 0 aliphatic carbocycles. The first-order valence-corrected chi connectivity index (χ1v) is 11.3. The zero-order chi connectivity index (χ0) is 25.3. The first-order chi connectivity index (χ1) is 17.6. The van der Waals surface area contributed by atoms with Crippen molar-refractivity contribution in [1.29, 1.82) is 0 Å². The van der Waals surface area contributed by atoms with Crippen LogP contribution >= 0.6 is 0 Å². The molecule has 0 bridgehead atoms. The van der Waals surface area contributed by atoms with Crippen LogP contribution < -0.4 is 19.7 Å². The van der Waals surface area contributed by atoms with Gasteiger partial charge in [-0.1, -0.05) is 42.5 Å². The molecule has 4 rings (SSSR count). The lowest BCUT2D eigenvalue weighted by Crippen LogP contribution is -2.21. The van der Waals surface area contributed by atoms with Crippen molar-refractivity contribution in [3.63, 3.8) is 0 Å². The number of nitrogens with one attached hydrogen (secondary N) is 1. The van der Waals surface area contributed by atoms with Gasteiger partial charge in [0.05, 0.1) is 25.7 Å². The molecule has 10 nitrogen and oxygen atoms in total. The molecule has 10 heteroatoms. The summed E-state index contributed by atoms with van der Waals surface area (Å²) in [5, 5.41) is 15.3. The molecule has 0 amide bonds. The van der Waals surface area contributed by atoms with E-state index in [0.29, 0.717) is 36.8 Å². The Hall–Kier alpha value is -4.73. The third-order valence-electron chi connectivity index (χ3n) is 5.50. The van der Waals surface area contributed by atoms with Crippen LogP contribution in [0.15, 0.2) is 79.3 Å². The Bertz CT molecular complexity index is 1300. The standard InChI is InChI=1S/C26H26N6O4/c1-35-21-12-11-19(16-22(21)36-2)13-15-28-25-24(32(33)34)26(30-18-29-25)31(23-10-6-7-14-27-23)17-20-8-4-3-5-9-20/h3-12,14,16,18H,13,15,17H2,1-2H3,(H,28,29,30). The number of nitro groups is 1. The highest BCUT2D eigenvalue weighted by atomic mass is 16.6. The molecular weight excluding hydrogens is 460 g/mol. The maximum atomic E-state index is 12.2. The van der Waals surface area contributed by atoms with Crippen LogP contribution in [0.5, 0.6) is 11.5 Å². The Morgan fingerprint density at radius 2 is 1.69 bits per heavy atom. The first-order valence-electron chi connectivity index (χ1n) is 11.3. The smallest absolute Gasteiger partial charge is 0.353 e. The number of anilines is 3. The van der Waals surface area contributed by atoms with Gasteiger partial charge in [0.25, 0.3) is 0 Å². The summed E-state index contributed by atoms with van der Waals surface area (Å²) in [6, 6.07) is 20.7. The van der Waals surface area contributed by atoms with E-state index in [-0.39, 0.29) is 17.3 Å². The maximum Gasteiger partial charge on any atom is 0.353 e. The number of hydrogen-bond acceptors (Lipinski definition) is 9. The summed E-state index contributed by atoms with van der Waals surface area (Å²) in [7, 11) is 3.16. The average molecular weight is 487 g/mol. The number of hydrogen-bond donors (Lipinski definition) is 1. The fourth-order valence-electron chi connectivity index (χ4n) is 3.77. The molecule has 0 unspecified atom stereocenters. The summed E-state index contributed by atoms with van der Waals surface area (Å²) in [5.74, 6) is 2.10. The van der Waals surface area contributed by atoms with E-state index < -0.39 is 4.92 Å². The number of rotatable bonds is 11. The van der Waals surface area contributed by atoms with Gasteiger partial charge < -0.3 is 19.7 Å². The number of methoxy groups -OCH3 is 2. The monoisotopic (exact) mass is 486 g/mol. The van der Waals surface area contributed by atoms with Crippen LogP contribution in [0.1, 0.15) is 11.1 Å². The van der Waals surface area contributed by atoms with Gasteiger partial charge in [-0.25, -0.2) is 15.0 Å². The Kier molecular flexibility index (Phi) is 7.87. The van der Waals surface area contributed by atoms with Gasteiger partial charge in [0.1, 0.15) is 12.1 Å². The lowest BCUT2D eigenvalue weighted by molar-refractivity contribution is -0.383. The van der Waals surface area contributed by atoms with Crippen LogP contribution in [-0.4, -0.2) is 40.6 Å². The zero-order valence-corrected chi connectivity index (χ0v) is 20.0. The quantitative estimate of drug-likeness (QED) is 0.236. The number of benzene rings is 2. The number of nitrogens with zero attached hydrogens (tertiary/aromatic N) is 5. The van der Waals surface area contributed by atoms with Crippen molar-refractivity contribution in [1.82, 2.24) is 15.0 Å². The molecule has 0 aliphatic heterocycles. The highest BCUT2D eigenvalue weighted by molar-refractivity contribution is 5.74. The van der Waals surface area contributed by atoms with Crippen LogP contribution in [-0.2, 0) is 13.0 Å². The lowest BCUT2D eigenvalue weighted by atomic mass is 10.1. The first kappa shape index (κ1) is 24.4. The van der Waals surface area contributed by atoms with Crippen LogP contribution in [0, 0.1) is 10.1 Å². The van der Waals surface area contributed by atoms with Crippen molar-refractivity contribution in [3.05, 3.63) is 100 Å². The van der Waals surface area contributed by atoms with Crippen LogP contribution in [0.25, 0.3) is 0 Å². The van der Waals surface area contributed by atoms with Crippen LogP contribution in [0.4, 0.5) is 23.1 Å². The minimum atomic E-state index is -0.463. The van der Waals surface area contributed by atoms with E-state index in [9.17, 15) is 10.1 Å². The van der Waals surface area contributed by atoms with Gasteiger partial charge in [0, 0.05) is 12.7 Å². The highest BCUT2D eigenvalue weighted by Gasteiger charge is 2.28. The molecule has 36 heavy (non-hydrogen) atoms. The Morgan fingerprint density at radius 1 is 0.917 bits per heavy atom. The van der Waals surface area contributed by atoms with Crippen molar-refractivity contribution < 1.29 is 14.4 Å². The molecule has 0 radical (unpaired) electrons. The second-order valence-corrected chi connectivity index (χ2v) is 7.78. The molecule has 0 saturated heterocycles. The fourth-order valence-corrected chi connectivity index (χ4v) is 3.77. The Labute approximate surface area is 208 Å². The Balaban J connectivity index is 1.62. The average Bonchev–Trinajstić information content (AvgIpc) is 2.92. The third-order valence-corrected chi connectivity index (χ3v) is 5.50. The molecule has 2 aromatic heterocycles. The van der Waals surface area contributed by atoms with Crippen molar-refractivity contribution in [2.24, 2.45) is 0 Å². The van der Waals surface area contributed by atoms with E-state index in [0.717, 1.165) is 11.1 Å². The lowest BCUT2D eigenvalue weighted by Gasteiger charge is -2.23. The van der Waals surface area contributed by atoms with E-state index in [2.05, 4.69) is 20.3 Å². The van der Waals surface area contributed by atoms with E-state index in [1.165, 1.54) is 6.33 Å². The molecule has 184 valence electrons.